The van der Waals surface area contributed by atoms with Crippen LogP contribution in [0.1, 0.15) is 44.7 Å². The van der Waals surface area contributed by atoms with E-state index in [-0.39, 0.29) is 17.4 Å². The molecular weight excluding hydrogens is 456 g/mol. The van der Waals surface area contributed by atoms with E-state index < -0.39 is 22.8 Å². The highest BCUT2D eigenvalue weighted by molar-refractivity contribution is 9.10. The third kappa shape index (κ3) is 4.25. The monoisotopic (exact) mass is 479 g/mol. The second-order valence-electron chi connectivity index (χ2n) is 8.18. The Labute approximate surface area is 183 Å². The van der Waals surface area contributed by atoms with E-state index in [0.717, 1.165) is 22.7 Å². The van der Waals surface area contributed by atoms with Crippen LogP contribution in [0.2, 0.25) is 0 Å². The van der Waals surface area contributed by atoms with Crippen molar-refractivity contribution in [2.45, 2.75) is 39.3 Å². The molecule has 5 nitrogen and oxygen atoms in total. The van der Waals surface area contributed by atoms with E-state index in [1.807, 2.05) is 24.3 Å². The van der Waals surface area contributed by atoms with Gasteiger partial charge in [0.1, 0.15) is 11.6 Å². The predicted octanol–water partition coefficient (Wildman–Crippen LogP) is 4.89. The van der Waals surface area contributed by atoms with Gasteiger partial charge in [-0.3, -0.25) is 4.79 Å². The number of ether oxygens (including phenoxy) is 1. The van der Waals surface area contributed by atoms with Crippen molar-refractivity contribution in [1.29, 1.82) is 0 Å². The van der Waals surface area contributed by atoms with Gasteiger partial charge in [-0.2, -0.15) is 5.01 Å². The number of hydrogen-bond donors (Lipinski definition) is 1. The molecule has 2 N–H and O–H groups in total. The number of halogens is 3. The summed E-state index contributed by atoms with van der Waals surface area (Å²) in [4.78, 5) is 13.3. The first kappa shape index (κ1) is 22.4. The Morgan fingerprint density at radius 1 is 1.20 bits per heavy atom. The van der Waals surface area contributed by atoms with Crippen LogP contribution in [0, 0.1) is 17.0 Å². The van der Waals surface area contributed by atoms with Crippen molar-refractivity contribution < 1.29 is 18.3 Å². The van der Waals surface area contributed by atoms with E-state index in [2.05, 4.69) is 21.0 Å². The summed E-state index contributed by atoms with van der Waals surface area (Å²) >= 11 is 3.40. The molecule has 0 radical (unpaired) electrons. The van der Waals surface area contributed by atoms with Crippen LogP contribution in [-0.4, -0.2) is 23.4 Å². The lowest BCUT2D eigenvalue weighted by atomic mass is 9.91. The third-order valence-electron chi connectivity index (χ3n) is 4.81. The number of hydrazone groups is 1. The maximum Gasteiger partial charge on any atom is 0.251 e. The highest BCUT2D eigenvalue weighted by Gasteiger charge is 2.51. The van der Waals surface area contributed by atoms with Gasteiger partial charge in [0, 0.05) is 21.9 Å². The minimum absolute atomic E-state index is 0.145. The average molecular weight is 480 g/mol. The van der Waals surface area contributed by atoms with Gasteiger partial charge < -0.3 is 10.5 Å². The molecule has 0 saturated carbocycles. The molecule has 0 aliphatic carbocycles. The maximum absolute atomic E-state index is 14.5. The lowest BCUT2D eigenvalue weighted by Gasteiger charge is -2.38. The molecule has 2 aromatic rings. The highest BCUT2D eigenvalue weighted by Crippen LogP contribution is 2.43. The number of rotatable bonds is 5. The normalized spacial score (nSPS) is 18.9. The van der Waals surface area contributed by atoms with Crippen molar-refractivity contribution in [2.75, 3.05) is 6.54 Å². The van der Waals surface area contributed by atoms with Crippen LogP contribution in [0.15, 0.2) is 52.0 Å². The molecule has 1 unspecified atom stereocenters. The fraction of sp³-hybridized carbons (Fsp3) is 0.364. The number of hydrogen-bond acceptors (Lipinski definition) is 4. The molecule has 0 saturated heterocycles. The largest absolute Gasteiger partial charge is 0.443 e. The molecule has 1 amide bonds. The number of carbonyl (C=O) groups excluding carboxylic acids is 1. The summed E-state index contributed by atoms with van der Waals surface area (Å²) in [5.74, 6) is -1.78. The molecule has 2 aromatic carbocycles. The molecule has 0 fully saturated rings. The van der Waals surface area contributed by atoms with E-state index in [0.29, 0.717) is 24.9 Å². The standard InChI is InChI=1S/C22H24BrF2N3O2/c1-21(2,3)20(29)28-22(11-4-12-26,14-5-7-15(23)8-6-14)30-19(27-28)17-13-16(24)9-10-18(17)25/h5-10,13H,4,11-12,26H2,1-3H3. The molecule has 30 heavy (non-hydrogen) atoms. The van der Waals surface area contributed by atoms with Gasteiger partial charge in [0.2, 0.25) is 11.6 Å². The van der Waals surface area contributed by atoms with Gasteiger partial charge in [0.05, 0.1) is 5.56 Å². The van der Waals surface area contributed by atoms with E-state index in [4.69, 9.17) is 10.5 Å². The zero-order chi connectivity index (χ0) is 22.1. The van der Waals surface area contributed by atoms with Crippen molar-refractivity contribution in [3.8, 4) is 0 Å². The number of nitrogens with zero attached hydrogens (tertiary/aromatic N) is 2. The molecule has 1 aliphatic rings. The fourth-order valence-corrected chi connectivity index (χ4v) is 3.49. The van der Waals surface area contributed by atoms with Crippen molar-refractivity contribution in [3.05, 3.63) is 69.7 Å². The van der Waals surface area contributed by atoms with Crippen LogP contribution in [0.3, 0.4) is 0 Å². The molecule has 1 aliphatic heterocycles. The lowest BCUT2D eigenvalue weighted by Crippen LogP contribution is -2.49. The molecule has 1 heterocycles. The lowest BCUT2D eigenvalue weighted by molar-refractivity contribution is -0.161. The predicted molar refractivity (Wildman–Crippen MR) is 114 cm³/mol. The Morgan fingerprint density at radius 2 is 1.87 bits per heavy atom. The summed E-state index contributed by atoms with van der Waals surface area (Å²) in [6.07, 6.45) is 0.856. The number of benzene rings is 2. The molecule has 1 atom stereocenters. The molecule has 8 heteroatoms. The van der Waals surface area contributed by atoms with E-state index in [9.17, 15) is 13.6 Å². The fourth-order valence-electron chi connectivity index (χ4n) is 3.23. The zero-order valence-corrected chi connectivity index (χ0v) is 18.7. The Kier molecular flexibility index (Phi) is 6.29. The first-order valence-electron chi connectivity index (χ1n) is 9.62. The molecule has 0 aromatic heterocycles. The number of carbonyl (C=O) groups is 1. The Bertz CT molecular complexity index is 973. The van der Waals surface area contributed by atoms with Crippen LogP contribution >= 0.6 is 15.9 Å². The van der Waals surface area contributed by atoms with Crippen molar-refractivity contribution >= 4 is 27.7 Å². The summed E-state index contributed by atoms with van der Waals surface area (Å²) < 4.78 is 35.4. The Morgan fingerprint density at radius 3 is 2.47 bits per heavy atom. The van der Waals surface area contributed by atoms with Gasteiger partial charge in [-0.1, -0.05) is 48.8 Å². The summed E-state index contributed by atoms with van der Waals surface area (Å²) in [7, 11) is 0. The van der Waals surface area contributed by atoms with Crippen molar-refractivity contribution in [2.24, 2.45) is 16.3 Å². The maximum atomic E-state index is 14.5. The van der Waals surface area contributed by atoms with Crippen LogP contribution in [0.4, 0.5) is 8.78 Å². The van der Waals surface area contributed by atoms with Gasteiger partial charge in [-0.05, 0) is 43.3 Å². The topological polar surface area (TPSA) is 67.9 Å². The van der Waals surface area contributed by atoms with Crippen LogP contribution in [-0.2, 0) is 15.3 Å². The third-order valence-corrected chi connectivity index (χ3v) is 5.33. The second kappa shape index (κ2) is 8.43. The van der Waals surface area contributed by atoms with Crippen molar-refractivity contribution in [3.63, 3.8) is 0 Å². The van der Waals surface area contributed by atoms with Gasteiger partial charge in [0.25, 0.3) is 5.91 Å². The summed E-state index contributed by atoms with van der Waals surface area (Å²) in [6.45, 7) is 5.66. The van der Waals surface area contributed by atoms with Gasteiger partial charge in [-0.15, -0.1) is 5.10 Å². The van der Waals surface area contributed by atoms with E-state index >= 15 is 0 Å². The molecule has 0 spiro atoms. The van der Waals surface area contributed by atoms with E-state index in [1.54, 1.807) is 20.8 Å². The SMILES string of the molecule is CC(C)(C)C(=O)N1N=C(c2cc(F)ccc2F)OC1(CCCN)c1ccc(Br)cc1. The first-order chi connectivity index (χ1) is 14.1. The number of amides is 1. The van der Waals surface area contributed by atoms with Crippen LogP contribution in [0.25, 0.3) is 0 Å². The molecule has 0 bridgehead atoms. The first-order valence-corrected chi connectivity index (χ1v) is 10.4. The Hall–Kier alpha value is -2.32. The summed E-state index contributed by atoms with van der Waals surface area (Å²) in [5, 5.41) is 5.61. The van der Waals surface area contributed by atoms with Gasteiger partial charge >= 0.3 is 0 Å². The quantitative estimate of drug-likeness (QED) is 0.663. The van der Waals surface area contributed by atoms with E-state index in [1.165, 1.54) is 5.01 Å². The molecular formula is C22H24BrF2N3O2. The Balaban J connectivity index is 2.19. The second-order valence-corrected chi connectivity index (χ2v) is 9.10. The van der Waals surface area contributed by atoms with Gasteiger partial charge in [0.15, 0.2) is 0 Å². The minimum Gasteiger partial charge on any atom is -0.443 e. The summed E-state index contributed by atoms with van der Waals surface area (Å²) in [5.41, 5.74) is 4.16. The zero-order valence-electron chi connectivity index (χ0n) is 17.1. The average Bonchev–Trinajstić information content (AvgIpc) is 3.07. The number of nitrogens with two attached hydrogens (primary N) is 1. The molecule has 160 valence electrons. The van der Waals surface area contributed by atoms with Crippen LogP contribution < -0.4 is 5.73 Å². The van der Waals surface area contributed by atoms with Gasteiger partial charge in [-0.25, -0.2) is 8.78 Å². The smallest absolute Gasteiger partial charge is 0.251 e. The van der Waals surface area contributed by atoms with Crippen LogP contribution in [0.5, 0.6) is 0 Å². The summed E-state index contributed by atoms with van der Waals surface area (Å²) in [6, 6.07) is 10.3. The highest BCUT2D eigenvalue weighted by atomic mass is 79.9. The van der Waals surface area contributed by atoms with Crippen molar-refractivity contribution in [1.82, 2.24) is 5.01 Å². The minimum atomic E-state index is -1.32. The molecule has 3 rings (SSSR count).